The third-order valence-corrected chi connectivity index (χ3v) is 7.07. The number of nitrogens with one attached hydrogen (secondary N) is 3. The average molecular weight is 482 g/mol. The standard InChI is InChI=1S/C30H31N3O3/c1-20(21-10-4-3-5-11-21)32-28(34)30(2,18-23-19-31-26-15-9-8-13-24(23)26)33-29(35)36-27-17-16-22-12-6-7-14-25(22)27/h3-15,19-20,27,31H,16-18H2,1-2H3,(H,32,34)(H,33,35). The molecule has 1 heterocycles. The number of ether oxygens (including phenoxy) is 1. The molecule has 5 rings (SSSR count). The van der Waals surface area contributed by atoms with Crippen molar-refractivity contribution in [3.8, 4) is 0 Å². The van der Waals surface area contributed by atoms with Gasteiger partial charge < -0.3 is 20.4 Å². The van der Waals surface area contributed by atoms with E-state index in [9.17, 15) is 9.59 Å². The number of rotatable bonds is 7. The minimum atomic E-state index is -1.23. The molecule has 3 atom stereocenters. The predicted molar refractivity (Wildman–Crippen MR) is 141 cm³/mol. The lowest BCUT2D eigenvalue weighted by Gasteiger charge is -2.31. The molecule has 36 heavy (non-hydrogen) atoms. The number of amides is 2. The quantitative estimate of drug-likeness (QED) is 0.314. The molecule has 0 radical (unpaired) electrons. The Kier molecular flexibility index (Phi) is 6.51. The molecule has 3 unspecified atom stereocenters. The van der Waals surface area contributed by atoms with Crippen molar-refractivity contribution < 1.29 is 14.3 Å². The van der Waals surface area contributed by atoms with Crippen molar-refractivity contribution >= 4 is 22.9 Å². The van der Waals surface area contributed by atoms with Crippen LogP contribution in [0.5, 0.6) is 0 Å². The fourth-order valence-corrected chi connectivity index (χ4v) is 5.05. The highest BCUT2D eigenvalue weighted by atomic mass is 16.6. The van der Waals surface area contributed by atoms with Crippen molar-refractivity contribution in [1.29, 1.82) is 0 Å². The van der Waals surface area contributed by atoms with E-state index in [2.05, 4.69) is 21.7 Å². The molecular formula is C30H31N3O3. The second kappa shape index (κ2) is 9.90. The lowest BCUT2D eigenvalue weighted by molar-refractivity contribution is -0.127. The van der Waals surface area contributed by atoms with Crippen molar-refractivity contribution in [1.82, 2.24) is 15.6 Å². The number of aromatic nitrogens is 1. The molecule has 0 saturated heterocycles. The van der Waals surface area contributed by atoms with Crippen LogP contribution in [0, 0.1) is 0 Å². The molecule has 2 amide bonds. The molecule has 0 bridgehead atoms. The first kappa shape index (κ1) is 23.7. The molecule has 1 aliphatic carbocycles. The van der Waals surface area contributed by atoms with Gasteiger partial charge in [-0.25, -0.2) is 4.79 Å². The van der Waals surface area contributed by atoms with Gasteiger partial charge in [0.05, 0.1) is 6.04 Å². The maximum absolute atomic E-state index is 13.7. The number of aryl methyl sites for hydroxylation is 1. The Labute approximate surface area is 211 Å². The van der Waals surface area contributed by atoms with Gasteiger partial charge in [0.1, 0.15) is 11.6 Å². The number of para-hydroxylation sites is 1. The number of fused-ring (bicyclic) bond motifs is 2. The second-order valence-electron chi connectivity index (χ2n) is 9.73. The summed E-state index contributed by atoms with van der Waals surface area (Å²) >= 11 is 0. The van der Waals surface area contributed by atoms with E-state index in [0.717, 1.165) is 40.4 Å². The molecule has 6 nitrogen and oxygen atoms in total. The van der Waals surface area contributed by atoms with Gasteiger partial charge >= 0.3 is 6.09 Å². The summed E-state index contributed by atoms with van der Waals surface area (Å²) in [5.41, 5.74) is 3.92. The second-order valence-corrected chi connectivity index (χ2v) is 9.73. The van der Waals surface area contributed by atoms with Crippen molar-refractivity contribution in [2.45, 2.75) is 50.8 Å². The van der Waals surface area contributed by atoms with Crippen LogP contribution in [0.4, 0.5) is 4.79 Å². The van der Waals surface area contributed by atoms with Crippen molar-refractivity contribution in [3.05, 3.63) is 107 Å². The lowest BCUT2D eigenvalue weighted by atomic mass is 9.91. The van der Waals surface area contributed by atoms with Crippen LogP contribution >= 0.6 is 0 Å². The molecule has 3 N–H and O–H groups in total. The zero-order chi connectivity index (χ0) is 25.1. The third-order valence-electron chi connectivity index (χ3n) is 7.07. The van der Waals surface area contributed by atoms with E-state index in [4.69, 9.17) is 4.74 Å². The highest BCUT2D eigenvalue weighted by Gasteiger charge is 2.38. The van der Waals surface area contributed by atoms with E-state index in [-0.39, 0.29) is 18.1 Å². The van der Waals surface area contributed by atoms with Crippen LogP contribution in [0.15, 0.2) is 85.1 Å². The zero-order valence-electron chi connectivity index (χ0n) is 20.6. The van der Waals surface area contributed by atoms with Crippen LogP contribution in [-0.4, -0.2) is 22.5 Å². The zero-order valence-corrected chi connectivity index (χ0v) is 20.6. The van der Waals surface area contributed by atoms with Gasteiger partial charge in [-0.05, 0) is 55.0 Å². The van der Waals surface area contributed by atoms with Crippen LogP contribution in [0.3, 0.4) is 0 Å². The summed E-state index contributed by atoms with van der Waals surface area (Å²) in [6.45, 7) is 3.69. The van der Waals surface area contributed by atoms with Gasteiger partial charge in [-0.2, -0.15) is 0 Å². The molecule has 0 aliphatic heterocycles. The van der Waals surface area contributed by atoms with Crippen molar-refractivity contribution in [2.24, 2.45) is 0 Å². The Bertz CT molecular complexity index is 1380. The van der Waals surface area contributed by atoms with E-state index in [0.29, 0.717) is 6.42 Å². The highest BCUT2D eigenvalue weighted by Crippen LogP contribution is 2.34. The first-order chi connectivity index (χ1) is 17.4. The molecule has 0 saturated carbocycles. The van der Waals surface area contributed by atoms with Gasteiger partial charge in [0.2, 0.25) is 5.91 Å². The van der Waals surface area contributed by atoms with Crippen LogP contribution in [-0.2, 0) is 22.4 Å². The summed E-state index contributed by atoms with van der Waals surface area (Å²) in [7, 11) is 0. The molecule has 184 valence electrons. The summed E-state index contributed by atoms with van der Waals surface area (Å²) in [6.07, 6.45) is 2.91. The van der Waals surface area contributed by atoms with Gasteiger partial charge in [0.25, 0.3) is 0 Å². The summed E-state index contributed by atoms with van der Waals surface area (Å²) in [5, 5.41) is 7.04. The van der Waals surface area contributed by atoms with Crippen molar-refractivity contribution in [2.75, 3.05) is 0 Å². The fraction of sp³-hybridized carbons (Fsp3) is 0.267. The normalized spacial score (nSPS) is 17.1. The number of carbonyl (C=O) groups is 2. The number of aromatic amines is 1. The first-order valence-electron chi connectivity index (χ1n) is 12.4. The maximum Gasteiger partial charge on any atom is 0.408 e. The SMILES string of the molecule is CC(NC(=O)C(C)(Cc1c[nH]c2ccccc12)NC(=O)OC1CCc2ccccc21)c1ccccc1. The van der Waals surface area contributed by atoms with Crippen molar-refractivity contribution in [3.63, 3.8) is 0 Å². The molecule has 0 fully saturated rings. The monoisotopic (exact) mass is 481 g/mol. The summed E-state index contributed by atoms with van der Waals surface area (Å²) < 4.78 is 5.84. The Balaban J connectivity index is 1.38. The molecule has 4 aromatic rings. The third kappa shape index (κ3) is 4.85. The first-order valence-corrected chi connectivity index (χ1v) is 12.4. The van der Waals surface area contributed by atoms with Gasteiger partial charge in [0, 0.05) is 23.5 Å². The molecule has 3 aromatic carbocycles. The molecule has 6 heteroatoms. The average Bonchev–Trinajstić information content (AvgIpc) is 3.48. The van der Waals surface area contributed by atoms with Gasteiger partial charge in [0.15, 0.2) is 0 Å². The largest absolute Gasteiger partial charge is 0.441 e. The van der Waals surface area contributed by atoms with E-state index in [1.807, 2.05) is 85.9 Å². The predicted octanol–water partition coefficient (Wildman–Crippen LogP) is 5.76. The minimum absolute atomic E-state index is 0.222. The Morgan fingerprint density at radius 1 is 1.03 bits per heavy atom. The fourth-order valence-electron chi connectivity index (χ4n) is 5.05. The molecule has 1 aromatic heterocycles. The van der Waals surface area contributed by atoms with E-state index < -0.39 is 11.6 Å². The number of hydrogen-bond acceptors (Lipinski definition) is 3. The van der Waals surface area contributed by atoms with Crippen LogP contribution in [0.2, 0.25) is 0 Å². The Morgan fingerprint density at radius 2 is 1.75 bits per heavy atom. The minimum Gasteiger partial charge on any atom is -0.441 e. The van der Waals surface area contributed by atoms with Gasteiger partial charge in [-0.1, -0.05) is 72.8 Å². The summed E-state index contributed by atoms with van der Waals surface area (Å²) in [6, 6.07) is 25.5. The van der Waals surface area contributed by atoms with E-state index in [1.54, 1.807) is 6.92 Å². The van der Waals surface area contributed by atoms with Gasteiger partial charge in [-0.15, -0.1) is 0 Å². The number of hydrogen-bond donors (Lipinski definition) is 3. The van der Waals surface area contributed by atoms with Crippen LogP contribution in [0.25, 0.3) is 10.9 Å². The Hall–Kier alpha value is -4.06. The number of H-pyrrole nitrogens is 1. The molecule has 1 aliphatic rings. The maximum atomic E-state index is 13.7. The smallest absolute Gasteiger partial charge is 0.408 e. The van der Waals surface area contributed by atoms with Crippen LogP contribution < -0.4 is 10.6 Å². The highest BCUT2D eigenvalue weighted by molar-refractivity contribution is 5.91. The molecular weight excluding hydrogens is 450 g/mol. The van der Waals surface area contributed by atoms with Gasteiger partial charge in [-0.3, -0.25) is 4.79 Å². The number of benzene rings is 3. The van der Waals surface area contributed by atoms with Crippen LogP contribution in [0.1, 0.15) is 54.7 Å². The topological polar surface area (TPSA) is 83.2 Å². The van der Waals surface area contributed by atoms with E-state index in [1.165, 1.54) is 5.56 Å². The summed E-state index contributed by atoms with van der Waals surface area (Å²) in [4.78, 5) is 30.1. The summed E-state index contributed by atoms with van der Waals surface area (Å²) in [5.74, 6) is -0.270. The number of carbonyl (C=O) groups excluding carboxylic acids is 2. The van der Waals surface area contributed by atoms with E-state index >= 15 is 0 Å². The number of alkyl carbamates (subject to hydrolysis) is 1. The lowest BCUT2D eigenvalue weighted by Crippen LogP contribution is -2.58. The Morgan fingerprint density at radius 3 is 2.58 bits per heavy atom. The molecule has 0 spiro atoms.